The van der Waals surface area contributed by atoms with Crippen LogP contribution in [0.5, 0.6) is 5.75 Å². The zero-order valence-corrected chi connectivity index (χ0v) is 12.3. The van der Waals surface area contributed by atoms with E-state index < -0.39 is 0 Å². The fourth-order valence-corrected chi connectivity index (χ4v) is 2.06. The van der Waals surface area contributed by atoms with E-state index in [2.05, 4.69) is 31.8 Å². The van der Waals surface area contributed by atoms with Crippen molar-refractivity contribution in [2.75, 3.05) is 0 Å². The van der Waals surface area contributed by atoms with Gasteiger partial charge in [0.15, 0.2) is 6.10 Å². The lowest BCUT2D eigenvalue weighted by Gasteiger charge is -2.24. The number of pyridine rings is 1. The lowest BCUT2D eigenvalue weighted by molar-refractivity contribution is 0.166. The normalized spacial score (nSPS) is 13.8. The van der Waals surface area contributed by atoms with E-state index in [0.29, 0.717) is 0 Å². The highest BCUT2D eigenvalue weighted by Crippen LogP contribution is 2.25. The van der Waals surface area contributed by atoms with E-state index in [-0.39, 0.29) is 12.1 Å². The Bertz CT molecular complexity index is 554. The highest BCUT2D eigenvalue weighted by Gasteiger charge is 2.21. The first-order chi connectivity index (χ1) is 9.61. The monoisotopic (exact) mass is 270 g/mol. The van der Waals surface area contributed by atoms with Crippen LogP contribution < -0.4 is 10.5 Å². The van der Waals surface area contributed by atoms with E-state index in [4.69, 9.17) is 10.5 Å². The Morgan fingerprint density at radius 1 is 1.15 bits per heavy atom. The lowest BCUT2D eigenvalue weighted by Crippen LogP contribution is -2.32. The maximum absolute atomic E-state index is 6.20. The van der Waals surface area contributed by atoms with Crippen LogP contribution in [0.3, 0.4) is 0 Å². The molecule has 1 aromatic heterocycles. The van der Waals surface area contributed by atoms with Crippen LogP contribution in [0.4, 0.5) is 0 Å². The summed E-state index contributed by atoms with van der Waals surface area (Å²) in [6.07, 6.45) is 2.39. The van der Waals surface area contributed by atoms with Crippen molar-refractivity contribution >= 4 is 0 Å². The van der Waals surface area contributed by atoms with Gasteiger partial charge >= 0.3 is 0 Å². The molecule has 0 aliphatic heterocycles. The van der Waals surface area contributed by atoms with Gasteiger partial charge in [0, 0.05) is 12.2 Å². The zero-order valence-electron chi connectivity index (χ0n) is 12.3. The van der Waals surface area contributed by atoms with Crippen LogP contribution in [0.1, 0.15) is 36.3 Å². The predicted octanol–water partition coefficient (Wildman–Crippen LogP) is 3.56. The molecule has 0 amide bonds. The molecule has 20 heavy (non-hydrogen) atoms. The molecule has 3 nitrogen and oxygen atoms in total. The summed E-state index contributed by atoms with van der Waals surface area (Å²) in [7, 11) is 0. The Morgan fingerprint density at radius 2 is 1.95 bits per heavy atom. The topological polar surface area (TPSA) is 48.1 Å². The van der Waals surface area contributed by atoms with Crippen molar-refractivity contribution in [2.45, 2.75) is 39.3 Å². The van der Waals surface area contributed by atoms with E-state index in [1.165, 1.54) is 11.1 Å². The van der Waals surface area contributed by atoms with Crippen molar-refractivity contribution in [1.82, 2.24) is 4.98 Å². The van der Waals surface area contributed by atoms with E-state index >= 15 is 0 Å². The van der Waals surface area contributed by atoms with Crippen molar-refractivity contribution in [2.24, 2.45) is 5.73 Å². The molecular weight excluding hydrogens is 248 g/mol. The van der Waals surface area contributed by atoms with Gasteiger partial charge in [-0.25, -0.2) is 0 Å². The molecule has 2 rings (SSSR count). The highest BCUT2D eigenvalue weighted by atomic mass is 16.5. The molecule has 0 fully saturated rings. The maximum Gasteiger partial charge on any atom is 0.155 e. The first kappa shape index (κ1) is 14.5. The largest absolute Gasteiger partial charge is 0.482 e. The Morgan fingerprint density at radius 3 is 2.55 bits per heavy atom. The molecule has 2 unspecified atom stereocenters. The molecule has 3 heteroatoms. The molecule has 2 atom stereocenters. The van der Waals surface area contributed by atoms with Gasteiger partial charge in [-0.2, -0.15) is 0 Å². The second-order valence-corrected chi connectivity index (χ2v) is 5.11. The van der Waals surface area contributed by atoms with Gasteiger partial charge in [0.25, 0.3) is 0 Å². The second-order valence-electron chi connectivity index (χ2n) is 5.11. The lowest BCUT2D eigenvalue weighted by atomic mass is 10.1. The number of hydrogen-bond acceptors (Lipinski definition) is 3. The van der Waals surface area contributed by atoms with Gasteiger partial charge in [0.1, 0.15) is 5.75 Å². The number of rotatable bonds is 5. The van der Waals surface area contributed by atoms with Crippen molar-refractivity contribution in [3.63, 3.8) is 0 Å². The van der Waals surface area contributed by atoms with Crippen LogP contribution in [0.15, 0.2) is 42.6 Å². The van der Waals surface area contributed by atoms with Crippen molar-refractivity contribution in [3.8, 4) is 5.75 Å². The molecule has 0 aliphatic carbocycles. The summed E-state index contributed by atoms with van der Waals surface area (Å²) in [4.78, 5) is 4.38. The molecule has 2 aromatic rings. The fraction of sp³-hybridized carbons (Fsp3) is 0.353. The summed E-state index contributed by atoms with van der Waals surface area (Å²) < 4.78 is 6.10. The van der Waals surface area contributed by atoms with Crippen LogP contribution in [0, 0.1) is 13.8 Å². The third-order valence-corrected chi connectivity index (χ3v) is 3.58. The van der Waals surface area contributed by atoms with E-state index in [9.17, 15) is 0 Å². The van der Waals surface area contributed by atoms with Crippen LogP contribution in [-0.2, 0) is 0 Å². The molecule has 0 saturated heterocycles. The smallest absolute Gasteiger partial charge is 0.155 e. The molecule has 0 spiro atoms. The van der Waals surface area contributed by atoms with E-state index in [1.807, 2.05) is 30.3 Å². The predicted molar refractivity (Wildman–Crippen MR) is 81.8 cm³/mol. The van der Waals surface area contributed by atoms with Gasteiger partial charge in [-0.3, -0.25) is 4.98 Å². The van der Waals surface area contributed by atoms with Crippen LogP contribution in [0.25, 0.3) is 0 Å². The number of benzene rings is 1. The summed E-state index contributed by atoms with van der Waals surface area (Å²) in [6.45, 7) is 6.23. The fourth-order valence-electron chi connectivity index (χ4n) is 2.06. The highest BCUT2D eigenvalue weighted by molar-refractivity contribution is 5.34. The van der Waals surface area contributed by atoms with Gasteiger partial charge in [-0.05, 0) is 55.7 Å². The summed E-state index contributed by atoms with van der Waals surface area (Å²) in [5, 5.41) is 0. The number of nitrogens with two attached hydrogens (primary N) is 1. The van der Waals surface area contributed by atoms with Crippen LogP contribution in [-0.4, -0.2) is 11.0 Å². The molecule has 1 heterocycles. The van der Waals surface area contributed by atoms with Gasteiger partial charge in [-0.15, -0.1) is 0 Å². The quantitative estimate of drug-likeness (QED) is 0.903. The Hall–Kier alpha value is -1.87. The molecule has 1 aromatic carbocycles. The van der Waals surface area contributed by atoms with Crippen molar-refractivity contribution in [3.05, 3.63) is 59.4 Å². The first-order valence-electron chi connectivity index (χ1n) is 7.02. The average Bonchev–Trinajstić information content (AvgIpc) is 2.48. The number of hydrogen-bond donors (Lipinski definition) is 1. The summed E-state index contributed by atoms with van der Waals surface area (Å²) >= 11 is 0. The van der Waals surface area contributed by atoms with Crippen molar-refractivity contribution in [1.29, 1.82) is 0 Å². The summed E-state index contributed by atoms with van der Waals surface area (Å²) in [6, 6.07) is 11.8. The molecule has 106 valence electrons. The number of aryl methyl sites for hydroxylation is 2. The van der Waals surface area contributed by atoms with Crippen molar-refractivity contribution < 1.29 is 4.74 Å². The minimum atomic E-state index is -0.219. The van der Waals surface area contributed by atoms with E-state index in [0.717, 1.165) is 17.9 Å². The minimum absolute atomic E-state index is 0.0773. The molecular formula is C17H22N2O. The molecule has 0 aliphatic rings. The molecule has 0 bridgehead atoms. The van der Waals surface area contributed by atoms with Gasteiger partial charge in [0.2, 0.25) is 0 Å². The third-order valence-electron chi connectivity index (χ3n) is 3.58. The second kappa shape index (κ2) is 6.53. The Kier molecular flexibility index (Phi) is 4.74. The van der Waals surface area contributed by atoms with E-state index in [1.54, 1.807) is 6.20 Å². The van der Waals surface area contributed by atoms with Gasteiger partial charge < -0.3 is 10.5 Å². The minimum Gasteiger partial charge on any atom is -0.482 e. The Balaban J connectivity index is 2.26. The van der Waals surface area contributed by atoms with Gasteiger partial charge in [0.05, 0.1) is 5.69 Å². The molecule has 2 N–H and O–H groups in total. The summed E-state index contributed by atoms with van der Waals surface area (Å²) in [5.41, 5.74) is 9.55. The third kappa shape index (κ3) is 3.36. The number of nitrogens with zero attached hydrogens (tertiary/aromatic N) is 1. The number of ether oxygens (including phenoxy) is 1. The standard InChI is InChI=1S/C17H22N2O/c1-4-15(18)17(16-7-5-6-10-19-16)20-14-9-8-12(2)13(3)11-14/h5-11,15,17H,4,18H2,1-3H3. The first-order valence-corrected chi connectivity index (χ1v) is 7.02. The molecule has 0 radical (unpaired) electrons. The van der Waals surface area contributed by atoms with Crippen LogP contribution >= 0.6 is 0 Å². The number of aromatic nitrogens is 1. The van der Waals surface area contributed by atoms with Gasteiger partial charge in [-0.1, -0.05) is 19.1 Å². The summed E-state index contributed by atoms with van der Waals surface area (Å²) in [5.74, 6) is 0.840. The van der Waals surface area contributed by atoms with Crippen LogP contribution in [0.2, 0.25) is 0 Å². The zero-order chi connectivity index (χ0) is 14.5. The SMILES string of the molecule is CCC(N)C(Oc1ccc(C)c(C)c1)c1ccccn1. The molecule has 0 saturated carbocycles. The average molecular weight is 270 g/mol. The Labute approximate surface area is 120 Å². The maximum atomic E-state index is 6.20.